The third-order valence-electron chi connectivity index (χ3n) is 3.64. The molecule has 1 aliphatic carbocycles. The molecule has 0 amide bonds. The van der Waals surface area contributed by atoms with E-state index < -0.39 is 11.5 Å². The van der Waals surface area contributed by atoms with Crippen LogP contribution in [0.2, 0.25) is 0 Å². The molecule has 1 heterocycles. The smallest absolute Gasteiger partial charge is 0.323 e. The zero-order valence-electron chi connectivity index (χ0n) is 11.2. The minimum absolute atomic E-state index is 0.249. The van der Waals surface area contributed by atoms with Crippen molar-refractivity contribution in [2.45, 2.75) is 48.6 Å². The number of thioether (sulfide) groups is 1. The first kappa shape index (κ1) is 14.3. The molecule has 1 fully saturated rings. The van der Waals surface area contributed by atoms with Gasteiger partial charge in [-0.3, -0.25) is 4.79 Å². The van der Waals surface area contributed by atoms with E-state index in [1.165, 1.54) is 0 Å². The van der Waals surface area contributed by atoms with E-state index in [0.29, 0.717) is 12.8 Å². The number of hydrogen-bond donors (Lipinski definition) is 2. The Morgan fingerprint density at radius 2 is 2.42 bits per heavy atom. The second-order valence-corrected chi connectivity index (χ2v) is 6.22. The molecule has 0 spiro atoms. The Morgan fingerprint density at radius 1 is 1.63 bits per heavy atom. The van der Waals surface area contributed by atoms with Crippen molar-refractivity contribution in [3.63, 3.8) is 0 Å². The Morgan fingerprint density at radius 3 is 3.05 bits per heavy atom. The molecular weight excluding hydrogens is 262 g/mol. The molecule has 104 valence electrons. The number of aromatic nitrogens is 2. The van der Waals surface area contributed by atoms with Gasteiger partial charge in [0, 0.05) is 17.1 Å². The van der Waals surface area contributed by atoms with Gasteiger partial charge in [-0.15, -0.1) is 0 Å². The van der Waals surface area contributed by atoms with Gasteiger partial charge in [-0.25, -0.2) is 9.97 Å². The Hall–Kier alpha value is -1.14. The van der Waals surface area contributed by atoms with Crippen molar-refractivity contribution >= 4 is 17.7 Å². The molecule has 5 nitrogen and oxygen atoms in total. The van der Waals surface area contributed by atoms with Gasteiger partial charge < -0.3 is 10.4 Å². The highest BCUT2D eigenvalue weighted by Crippen LogP contribution is 2.37. The highest BCUT2D eigenvalue weighted by Gasteiger charge is 2.42. The van der Waals surface area contributed by atoms with Crippen LogP contribution in [0.1, 0.15) is 31.4 Å². The van der Waals surface area contributed by atoms with Gasteiger partial charge in [0.25, 0.3) is 0 Å². The first-order chi connectivity index (χ1) is 9.05. The van der Waals surface area contributed by atoms with Crippen LogP contribution in [0.5, 0.6) is 0 Å². The van der Waals surface area contributed by atoms with Crippen molar-refractivity contribution in [1.82, 2.24) is 15.3 Å². The van der Waals surface area contributed by atoms with Crippen LogP contribution in [0, 0.1) is 6.92 Å². The van der Waals surface area contributed by atoms with Gasteiger partial charge >= 0.3 is 5.97 Å². The molecule has 1 aromatic heterocycles. The Bertz CT molecular complexity index is 469. The molecule has 0 aromatic carbocycles. The number of nitrogens with one attached hydrogen (secondary N) is 1. The van der Waals surface area contributed by atoms with E-state index in [2.05, 4.69) is 15.3 Å². The molecule has 2 N–H and O–H groups in total. The van der Waals surface area contributed by atoms with Crippen molar-refractivity contribution in [1.29, 1.82) is 0 Å². The number of carboxylic acid groups (broad SMARTS) is 1. The van der Waals surface area contributed by atoms with E-state index in [-0.39, 0.29) is 5.25 Å². The summed E-state index contributed by atoms with van der Waals surface area (Å²) < 4.78 is 0. The first-order valence-electron chi connectivity index (χ1n) is 6.44. The van der Waals surface area contributed by atoms with Gasteiger partial charge in [0.1, 0.15) is 5.54 Å². The molecule has 2 rings (SSSR count). The molecule has 1 saturated carbocycles. The minimum atomic E-state index is -0.792. The van der Waals surface area contributed by atoms with Crippen LogP contribution in [0.4, 0.5) is 0 Å². The summed E-state index contributed by atoms with van der Waals surface area (Å²) in [4.78, 5) is 20.1. The summed E-state index contributed by atoms with van der Waals surface area (Å²) in [6, 6.07) is 1.86. The molecule has 1 aromatic rings. The first-order valence-corrected chi connectivity index (χ1v) is 7.32. The van der Waals surface area contributed by atoms with Crippen LogP contribution >= 0.6 is 11.8 Å². The molecule has 0 saturated heterocycles. The Balaban J connectivity index is 2.07. The van der Waals surface area contributed by atoms with Crippen molar-refractivity contribution < 1.29 is 9.90 Å². The molecular formula is C13H19N3O2S. The van der Waals surface area contributed by atoms with Crippen LogP contribution < -0.4 is 5.32 Å². The summed E-state index contributed by atoms with van der Waals surface area (Å²) in [6.45, 7) is 1.93. The highest BCUT2D eigenvalue weighted by molar-refractivity contribution is 7.99. The third-order valence-corrected chi connectivity index (χ3v) is 4.78. The summed E-state index contributed by atoms with van der Waals surface area (Å²) in [6.07, 6.45) is 4.97. The number of carbonyl (C=O) groups is 1. The maximum Gasteiger partial charge on any atom is 0.323 e. The summed E-state index contributed by atoms with van der Waals surface area (Å²) in [5.41, 5.74) is 0.145. The lowest BCUT2D eigenvalue weighted by Gasteiger charge is -2.36. The van der Waals surface area contributed by atoms with Gasteiger partial charge in [0.2, 0.25) is 0 Å². The second-order valence-electron chi connectivity index (χ2n) is 4.95. The van der Waals surface area contributed by atoms with Crippen molar-refractivity contribution in [3.05, 3.63) is 18.0 Å². The third kappa shape index (κ3) is 3.25. The number of rotatable bonds is 4. The molecule has 0 aliphatic heterocycles. The SMILES string of the molecule is CNC1(C(=O)O)CCCC(Sc2nccc(C)n2)C1. The number of aryl methyl sites for hydroxylation is 1. The largest absolute Gasteiger partial charge is 0.480 e. The fraction of sp³-hybridized carbons (Fsp3) is 0.615. The summed E-state index contributed by atoms with van der Waals surface area (Å²) in [5.74, 6) is -0.759. The monoisotopic (exact) mass is 281 g/mol. The lowest BCUT2D eigenvalue weighted by Crippen LogP contribution is -2.53. The number of aliphatic carboxylic acids is 1. The highest BCUT2D eigenvalue weighted by atomic mass is 32.2. The number of likely N-dealkylation sites (N-methyl/N-ethyl adjacent to an activating group) is 1. The van der Waals surface area contributed by atoms with Crippen molar-refractivity contribution in [3.8, 4) is 0 Å². The number of hydrogen-bond acceptors (Lipinski definition) is 5. The molecule has 1 aliphatic rings. The second kappa shape index (κ2) is 5.88. The van der Waals surface area contributed by atoms with Gasteiger partial charge in [-0.2, -0.15) is 0 Å². The topological polar surface area (TPSA) is 75.1 Å². The fourth-order valence-electron chi connectivity index (χ4n) is 2.48. The average molecular weight is 281 g/mol. The van der Waals surface area contributed by atoms with Gasteiger partial charge in [-0.1, -0.05) is 11.8 Å². The molecule has 6 heteroatoms. The lowest BCUT2D eigenvalue weighted by molar-refractivity contribution is -0.146. The fourth-order valence-corrected chi connectivity index (χ4v) is 3.75. The van der Waals surface area contributed by atoms with Crippen molar-refractivity contribution in [2.24, 2.45) is 0 Å². The normalized spacial score (nSPS) is 27.2. The van der Waals surface area contributed by atoms with E-state index in [4.69, 9.17) is 0 Å². The standard InChI is InChI=1S/C13H19N3O2S/c1-9-5-7-15-12(16-9)19-10-4-3-6-13(8-10,14-2)11(17)18/h5,7,10,14H,3-4,6,8H2,1-2H3,(H,17,18). The van der Waals surface area contributed by atoms with E-state index in [9.17, 15) is 9.90 Å². The van der Waals surface area contributed by atoms with Crippen molar-refractivity contribution in [2.75, 3.05) is 7.05 Å². The summed E-state index contributed by atoms with van der Waals surface area (Å²) >= 11 is 1.59. The Kier molecular flexibility index (Phi) is 4.42. The zero-order valence-corrected chi connectivity index (χ0v) is 12.0. The molecule has 19 heavy (non-hydrogen) atoms. The van der Waals surface area contributed by atoms with E-state index in [1.807, 2.05) is 13.0 Å². The van der Waals surface area contributed by atoms with E-state index >= 15 is 0 Å². The number of carboxylic acids is 1. The summed E-state index contributed by atoms with van der Waals surface area (Å²) in [5, 5.41) is 13.4. The number of nitrogens with zero attached hydrogens (tertiary/aromatic N) is 2. The average Bonchev–Trinajstić information content (AvgIpc) is 2.38. The summed E-state index contributed by atoms with van der Waals surface area (Å²) in [7, 11) is 1.73. The quantitative estimate of drug-likeness (QED) is 0.821. The predicted octanol–water partition coefficient (Wildman–Crippen LogP) is 1.86. The minimum Gasteiger partial charge on any atom is -0.480 e. The van der Waals surface area contributed by atoms with Crippen LogP contribution in [-0.4, -0.2) is 38.9 Å². The van der Waals surface area contributed by atoms with Crippen LogP contribution in [0.3, 0.4) is 0 Å². The van der Waals surface area contributed by atoms with E-state index in [0.717, 1.165) is 23.7 Å². The molecule has 0 bridgehead atoms. The molecule has 2 atom stereocenters. The Labute approximate surface area is 117 Å². The van der Waals surface area contributed by atoms with Gasteiger partial charge in [0.05, 0.1) is 0 Å². The van der Waals surface area contributed by atoms with Crippen LogP contribution in [0.25, 0.3) is 0 Å². The zero-order chi connectivity index (χ0) is 13.9. The van der Waals surface area contributed by atoms with E-state index in [1.54, 1.807) is 25.0 Å². The van der Waals surface area contributed by atoms with Crippen LogP contribution in [-0.2, 0) is 4.79 Å². The predicted molar refractivity (Wildman–Crippen MR) is 74.3 cm³/mol. The maximum absolute atomic E-state index is 11.5. The molecule has 2 unspecified atom stereocenters. The van der Waals surface area contributed by atoms with Crippen LogP contribution in [0.15, 0.2) is 17.4 Å². The molecule has 0 radical (unpaired) electrons. The van der Waals surface area contributed by atoms with Gasteiger partial charge in [-0.05, 0) is 45.7 Å². The van der Waals surface area contributed by atoms with Gasteiger partial charge in [0.15, 0.2) is 5.16 Å². The maximum atomic E-state index is 11.5. The lowest BCUT2D eigenvalue weighted by atomic mass is 9.81.